The highest BCUT2D eigenvalue weighted by molar-refractivity contribution is 7.98. The molecule has 3 aromatic rings. The first kappa shape index (κ1) is 17.8. The Morgan fingerprint density at radius 1 is 1.22 bits per heavy atom. The van der Waals surface area contributed by atoms with Gasteiger partial charge in [-0.05, 0) is 18.4 Å². The van der Waals surface area contributed by atoms with Gasteiger partial charge >= 0.3 is 5.69 Å². The number of rotatable bonds is 6. The molecule has 2 heterocycles. The van der Waals surface area contributed by atoms with Crippen LogP contribution in [0.5, 0.6) is 0 Å². The van der Waals surface area contributed by atoms with Gasteiger partial charge in [0.05, 0.1) is 0 Å². The molecule has 1 aliphatic carbocycles. The van der Waals surface area contributed by atoms with Crippen LogP contribution in [0.25, 0.3) is 5.65 Å². The molecule has 1 aromatic carbocycles. The minimum absolute atomic E-state index is 0.0696. The summed E-state index contributed by atoms with van der Waals surface area (Å²) in [6.07, 6.45) is 7.49. The van der Waals surface area contributed by atoms with Gasteiger partial charge in [-0.1, -0.05) is 54.9 Å². The van der Waals surface area contributed by atoms with Crippen LogP contribution in [0.1, 0.15) is 31.2 Å². The fourth-order valence-corrected chi connectivity index (χ4v) is 4.24. The molecule has 140 valence electrons. The summed E-state index contributed by atoms with van der Waals surface area (Å²) >= 11 is 1.52. The average Bonchev–Trinajstić information content (AvgIpc) is 3.30. The second-order valence-electron chi connectivity index (χ2n) is 6.69. The van der Waals surface area contributed by atoms with Gasteiger partial charge in [0.25, 0.3) is 0 Å². The van der Waals surface area contributed by atoms with Crippen LogP contribution in [0, 0.1) is 0 Å². The van der Waals surface area contributed by atoms with E-state index in [1.165, 1.54) is 26.4 Å². The molecular formula is C19H21N5O2S. The van der Waals surface area contributed by atoms with Crippen LogP contribution >= 0.6 is 11.8 Å². The number of benzene rings is 1. The Morgan fingerprint density at radius 2 is 2.00 bits per heavy atom. The Hall–Kier alpha value is -2.61. The summed E-state index contributed by atoms with van der Waals surface area (Å²) in [5, 5.41) is 8.03. The van der Waals surface area contributed by atoms with E-state index in [1.54, 1.807) is 12.4 Å². The van der Waals surface area contributed by atoms with Gasteiger partial charge in [0, 0.05) is 24.2 Å². The highest BCUT2D eigenvalue weighted by atomic mass is 32.2. The molecule has 0 radical (unpaired) electrons. The third-order valence-corrected chi connectivity index (χ3v) is 5.74. The van der Waals surface area contributed by atoms with Crippen LogP contribution in [0.15, 0.2) is 52.5 Å². The second kappa shape index (κ2) is 7.96. The number of nitrogens with zero attached hydrogens (tertiary/aromatic N) is 4. The fourth-order valence-electron chi connectivity index (χ4n) is 3.34. The Kier molecular flexibility index (Phi) is 5.24. The van der Waals surface area contributed by atoms with Gasteiger partial charge in [-0.15, -0.1) is 5.10 Å². The molecule has 2 aromatic heterocycles. The van der Waals surface area contributed by atoms with Gasteiger partial charge in [-0.3, -0.25) is 4.79 Å². The average molecular weight is 383 g/mol. The molecule has 1 amide bonds. The van der Waals surface area contributed by atoms with Gasteiger partial charge in [-0.25, -0.2) is 18.9 Å². The van der Waals surface area contributed by atoms with E-state index in [1.807, 2.05) is 30.3 Å². The molecule has 1 saturated carbocycles. The summed E-state index contributed by atoms with van der Waals surface area (Å²) in [6.45, 7) is -0.0696. The number of thioether (sulfide) groups is 1. The number of aromatic nitrogens is 4. The van der Waals surface area contributed by atoms with Crippen molar-refractivity contribution in [2.75, 3.05) is 0 Å². The summed E-state index contributed by atoms with van der Waals surface area (Å²) < 4.78 is 2.66. The van der Waals surface area contributed by atoms with Crippen LogP contribution in [-0.2, 0) is 17.1 Å². The SMILES string of the molecule is O=C(Cn1nc2c(SCc3ccccc3)nccn2c1=O)NC1CCCC1. The highest BCUT2D eigenvalue weighted by Gasteiger charge is 2.19. The van der Waals surface area contributed by atoms with Crippen LogP contribution in [0.3, 0.4) is 0 Å². The molecule has 0 spiro atoms. The summed E-state index contributed by atoms with van der Waals surface area (Å²) in [6, 6.07) is 10.3. The van der Waals surface area contributed by atoms with Crippen molar-refractivity contribution in [2.45, 2.75) is 49.0 Å². The summed E-state index contributed by atoms with van der Waals surface area (Å²) in [4.78, 5) is 29.2. The Bertz CT molecular complexity index is 992. The van der Waals surface area contributed by atoms with E-state index in [4.69, 9.17) is 0 Å². The predicted molar refractivity (Wildman–Crippen MR) is 104 cm³/mol. The molecule has 1 fully saturated rings. The zero-order chi connectivity index (χ0) is 18.6. The van der Waals surface area contributed by atoms with Crippen molar-refractivity contribution in [1.82, 2.24) is 24.5 Å². The van der Waals surface area contributed by atoms with Gasteiger partial charge < -0.3 is 5.32 Å². The molecule has 0 bridgehead atoms. The number of amides is 1. The van der Waals surface area contributed by atoms with Gasteiger partial charge in [0.1, 0.15) is 11.6 Å². The van der Waals surface area contributed by atoms with Crippen molar-refractivity contribution in [2.24, 2.45) is 0 Å². The van der Waals surface area contributed by atoms with Gasteiger partial charge in [0.2, 0.25) is 5.91 Å². The predicted octanol–water partition coefficient (Wildman–Crippen LogP) is 2.24. The first-order valence-electron chi connectivity index (χ1n) is 9.11. The molecule has 8 heteroatoms. The molecule has 1 aliphatic rings. The largest absolute Gasteiger partial charge is 0.352 e. The number of fused-ring (bicyclic) bond motifs is 1. The zero-order valence-electron chi connectivity index (χ0n) is 14.9. The molecule has 1 N–H and O–H groups in total. The quantitative estimate of drug-likeness (QED) is 0.660. The third kappa shape index (κ3) is 4.05. The maximum absolute atomic E-state index is 12.6. The van der Waals surface area contributed by atoms with E-state index in [-0.39, 0.29) is 24.2 Å². The van der Waals surface area contributed by atoms with Crippen LogP contribution in [0.2, 0.25) is 0 Å². The lowest BCUT2D eigenvalue weighted by Gasteiger charge is -2.10. The summed E-state index contributed by atoms with van der Waals surface area (Å²) in [5.41, 5.74) is 1.33. The molecule has 0 saturated heterocycles. The standard InChI is InChI=1S/C19H21N5O2S/c25-16(21-15-8-4-5-9-15)12-24-19(26)23-11-10-20-18(17(23)22-24)27-13-14-6-2-1-3-7-14/h1-3,6-7,10-11,15H,4-5,8-9,12-13H2,(H,21,25). The van der Waals surface area contributed by atoms with E-state index in [2.05, 4.69) is 15.4 Å². The van der Waals surface area contributed by atoms with E-state index in [0.29, 0.717) is 10.7 Å². The Morgan fingerprint density at radius 3 is 2.78 bits per heavy atom. The third-order valence-electron chi connectivity index (χ3n) is 4.70. The van der Waals surface area contributed by atoms with Crippen molar-refractivity contribution in [3.63, 3.8) is 0 Å². The Balaban J connectivity index is 1.52. The lowest BCUT2D eigenvalue weighted by atomic mass is 10.2. The smallest absolute Gasteiger partial charge is 0.350 e. The highest BCUT2D eigenvalue weighted by Crippen LogP contribution is 2.23. The van der Waals surface area contributed by atoms with Crippen molar-refractivity contribution in [1.29, 1.82) is 0 Å². The van der Waals surface area contributed by atoms with Gasteiger partial charge in [-0.2, -0.15) is 0 Å². The summed E-state index contributed by atoms with van der Waals surface area (Å²) in [7, 11) is 0. The van der Waals surface area contributed by atoms with Crippen molar-refractivity contribution in [3.8, 4) is 0 Å². The number of carbonyl (C=O) groups excluding carboxylic acids is 1. The number of hydrogen-bond donors (Lipinski definition) is 1. The molecule has 0 unspecified atom stereocenters. The lowest BCUT2D eigenvalue weighted by Crippen LogP contribution is -2.37. The second-order valence-corrected chi connectivity index (χ2v) is 7.65. The fraction of sp³-hybridized carbons (Fsp3) is 0.368. The molecule has 4 rings (SSSR count). The van der Waals surface area contributed by atoms with Gasteiger partial charge in [0.15, 0.2) is 5.65 Å². The Labute approximate surface area is 160 Å². The van der Waals surface area contributed by atoms with Crippen molar-refractivity contribution < 1.29 is 4.79 Å². The van der Waals surface area contributed by atoms with E-state index in [9.17, 15) is 9.59 Å². The zero-order valence-corrected chi connectivity index (χ0v) is 15.7. The maximum atomic E-state index is 12.6. The maximum Gasteiger partial charge on any atom is 0.350 e. The number of carbonyl (C=O) groups is 1. The van der Waals surface area contributed by atoms with Crippen LogP contribution < -0.4 is 11.0 Å². The monoisotopic (exact) mass is 383 g/mol. The lowest BCUT2D eigenvalue weighted by molar-refractivity contribution is -0.122. The number of hydrogen-bond acceptors (Lipinski definition) is 5. The minimum Gasteiger partial charge on any atom is -0.352 e. The summed E-state index contributed by atoms with van der Waals surface area (Å²) in [5.74, 6) is 0.565. The minimum atomic E-state index is -0.324. The molecule has 27 heavy (non-hydrogen) atoms. The van der Waals surface area contributed by atoms with E-state index < -0.39 is 0 Å². The first-order valence-corrected chi connectivity index (χ1v) is 10.1. The normalized spacial score (nSPS) is 14.7. The van der Waals surface area contributed by atoms with Crippen molar-refractivity contribution >= 4 is 23.3 Å². The molecule has 7 nitrogen and oxygen atoms in total. The van der Waals surface area contributed by atoms with Crippen LogP contribution in [0.4, 0.5) is 0 Å². The molecule has 0 aliphatic heterocycles. The van der Waals surface area contributed by atoms with E-state index in [0.717, 1.165) is 31.4 Å². The first-order chi connectivity index (χ1) is 13.2. The van der Waals surface area contributed by atoms with E-state index >= 15 is 0 Å². The molecule has 0 atom stereocenters. The number of nitrogens with one attached hydrogen (secondary N) is 1. The van der Waals surface area contributed by atoms with Crippen molar-refractivity contribution in [3.05, 3.63) is 58.8 Å². The van der Waals surface area contributed by atoms with Crippen LogP contribution in [-0.4, -0.2) is 31.1 Å². The molecular weight excluding hydrogens is 362 g/mol. The topological polar surface area (TPSA) is 81.3 Å².